The van der Waals surface area contributed by atoms with Gasteiger partial charge < -0.3 is 4.57 Å². The second-order valence-electron chi connectivity index (χ2n) is 5.14. The lowest BCUT2D eigenvalue weighted by Gasteiger charge is -2.10. The number of nitriles is 1. The van der Waals surface area contributed by atoms with Crippen molar-refractivity contribution in [1.29, 1.82) is 5.26 Å². The summed E-state index contributed by atoms with van der Waals surface area (Å²) in [5.74, 6) is 0.725. The van der Waals surface area contributed by atoms with Crippen LogP contribution in [0.25, 0.3) is 11.5 Å². The number of imidazole rings is 1. The van der Waals surface area contributed by atoms with Crippen molar-refractivity contribution < 1.29 is 0 Å². The van der Waals surface area contributed by atoms with E-state index < -0.39 is 0 Å². The van der Waals surface area contributed by atoms with Crippen molar-refractivity contribution in [2.24, 2.45) is 0 Å². The summed E-state index contributed by atoms with van der Waals surface area (Å²) >= 11 is 0. The van der Waals surface area contributed by atoms with Gasteiger partial charge in [0.2, 0.25) is 0 Å². The van der Waals surface area contributed by atoms with E-state index >= 15 is 0 Å². The van der Waals surface area contributed by atoms with Crippen molar-refractivity contribution >= 4 is 0 Å². The molecule has 3 aromatic rings. The largest absolute Gasteiger partial charge is 0.324 e. The third kappa shape index (κ3) is 3.24. The molecule has 0 bridgehead atoms. The molecule has 0 aliphatic heterocycles. The fraction of sp³-hybridized carbons (Fsp3) is 0.235. The van der Waals surface area contributed by atoms with E-state index in [1.807, 2.05) is 29.1 Å². The molecule has 3 aromatic heterocycles. The van der Waals surface area contributed by atoms with E-state index in [9.17, 15) is 0 Å². The zero-order valence-electron chi connectivity index (χ0n) is 12.8. The van der Waals surface area contributed by atoms with E-state index in [1.165, 1.54) is 0 Å². The second kappa shape index (κ2) is 6.79. The van der Waals surface area contributed by atoms with Crippen LogP contribution < -0.4 is 0 Å². The van der Waals surface area contributed by atoms with Crippen molar-refractivity contribution in [1.82, 2.24) is 24.5 Å². The molecule has 0 aliphatic carbocycles. The summed E-state index contributed by atoms with van der Waals surface area (Å²) in [6, 6.07) is 7.40. The van der Waals surface area contributed by atoms with Gasteiger partial charge in [-0.1, -0.05) is 19.4 Å². The summed E-state index contributed by atoms with van der Waals surface area (Å²) in [5.41, 5.74) is 3.19. The van der Waals surface area contributed by atoms with E-state index in [2.05, 4.69) is 32.9 Å². The summed E-state index contributed by atoms with van der Waals surface area (Å²) in [6.07, 6.45) is 9.06. The summed E-state index contributed by atoms with van der Waals surface area (Å²) < 4.78 is 1.99. The lowest BCUT2D eigenvalue weighted by atomic mass is 10.1. The molecule has 0 unspecified atom stereocenters. The molecule has 0 saturated heterocycles. The first-order valence-electron chi connectivity index (χ1n) is 7.48. The van der Waals surface area contributed by atoms with Crippen molar-refractivity contribution in [3.8, 4) is 17.6 Å². The highest BCUT2D eigenvalue weighted by molar-refractivity contribution is 5.51. The van der Waals surface area contributed by atoms with E-state index in [-0.39, 0.29) is 0 Å². The van der Waals surface area contributed by atoms with Gasteiger partial charge in [0.15, 0.2) is 5.82 Å². The maximum Gasteiger partial charge on any atom is 0.159 e. The van der Waals surface area contributed by atoms with Crippen LogP contribution in [0.4, 0.5) is 0 Å². The van der Waals surface area contributed by atoms with E-state index in [0.717, 1.165) is 29.9 Å². The van der Waals surface area contributed by atoms with Crippen LogP contribution >= 0.6 is 0 Å². The predicted octanol–water partition coefficient (Wildman–Crippen LogP) is 2.61. The molecule has 6 heteroatoms. The van der Waals surface area contributed by atoms with Gasteiger partial charge in [-0.05, 0) is 24.1 Å². The van der Waals surface area contributed by atoms with Crippen LogP contribution in [0.15, 0.2) is 43.1 Å². The molecule has 3 rings (SSSR count). The van der Waals surface area contributed by atoms with E-state index in [0.29, 0.717) is 17.9 Å². The summed E-state index contributed by atoms with van der Waals surface area (Å²) in [4.78, 5) is 17.2. The Bertz CT molecular complexity index is 846. The highest BCUT2D eigenvalue weighted by atomic mass is 15.1. The Morgan fingerprint density at radius 3 is 3.00 bits per heavy atom. The average Bonchev–Trinajstić information content (AvgIpc) is 3.05. The van der Waals surface area contributed by atoms with Gasteiger partial charge in [-0.3, -0.25) is 0 Å². The van der Waals surface area contributed by atoms with Crippen molar-refractivity contribution in [2.45, 2.75) is 26.3 Å². The number of nitrogens with zero attached hydrogens (tertiary/aromatic N) is 6. The molecule has 0 fully saturated rings. The quantitative estimate of drug-likeness (QED) is 0.723. The molecule has 0 spiro atoms. The molecule has 6 nitrogen and oxygen atoms in total. The molecule has 0 aromatic carbocycles. The Morgan fingerprint density at radius 2 is 2.17 bits per heavy atom. The lowest BCUT2D eigenvalue weighted by molar-refractivity contribution is 0.749. The molecular weight excluding hydrogens is 288 g/mol. The van der Waals surface area contributed by atoms with Crippen molar-refractivity contribution in [2.75, 3.05) is 0 Å². The molecule has 0 atom stereocenters. The van der Waals surface area contributed by atoms with Gasteiger partial charge in [-0.2, -0.15) is 5.26 Å². The van der Waals surface area contributed by atoms with Crippen LogP contribution in [0.5, 0.6) is 0 Å². The van der Waals surface area contributed by atoms with Gasteiger partial charge in [0.25, 0.3) is 0 Å². The normalized spacial score (nSPS) is 10.4. The Balaban J connectivity index is 1.94. The topological polar surface area (TPSA) is 80.3 Å². The minimum absolute atomic E-state index is 0.380. The summed E-state index contributed by atoms with van der Waals surface area (Å²) in [7, 11) is 0. The van der Waals surface area contributed by atoms with Gasteiger partial charge in [-0.15, -0.1) is 0 Å². The predicted molar refractivity (Wildman–Crippen MR) is 85.3 cm³/mol. The highest BCUT2D eigenvalue weighted by Crippen LogP contribution is 2.17. The minimum atomic E-state index is 0.380. The number of aromatic nitrogens is 5. The molecule has 0 saturated carbocycles. The number of hydrogen-bond acceptors (Lipinski definition) is 5. The van der Waals surface area contributed by atoms with Crippen LogP contribution in [-0.4, -0.2) is 24.5 Å². The first-order valence-corrected chi connectivity index (χ1v) is 7.48. The Labute approximate surface area is 134 Å². The van der Waals surface area contributed by atoms with Gasteiger partial charge in [-0.25, -0.2) is 19.9 Å². The molecular formula is C17H16N6. The zero-order valence-corrected chi connectivity index (χ0v) is 12.8. The number of pyridine rings is 1. The Kier molecular flexibility index (Phi) is 4.39. The fourth-order valence-corrected chi connectivity index (χ4v) is 2.46. The van der Waals surface area contributed by atoms with Crippen LogP contribution in [0.1, 0.15) is 30.3 Å². The van der Waals surface area contributed by atoms with Gasteiger partial charge in [0, 0.05) is 18.6 Å². The Morgan fingerprint density at radius 1 is 1.26 bits per heavy atom. The van der Waals surface area contributed by atoms with Gasteiger partial charge in [0.05, 0.1) is 12.2 Å². The summed E-state index contributed by atoms with van der Waals surface area (Å²) in [5, 5.41) is 9.00. The third-order valence-electron chi connectivity index (χ3n) is 3.53. The molecule has 3 heterocycles. The summed E-state index contributed by atoms with van der Waals surface area (Å²) in [6.45, 7) is 2.74. The van der Waals surface area contributed by atoms with Crippen molar-refractivity contribution in [3.05, 3.63) is 60.1 Å². The monoisotopic (exact) mass is 304 g/mol. The SMILES string of the molecule is CCCc1cncnc1Cn1ccnc1-c1cccc(C#N)n1. The van der Waals surface area contributed by atoms with Gasteiger partial charge >= 0.3 is 0 Å². The second-order valence-corrected chi connectivity index (χ2v) is 5.14. The zero-order chi connectivity index (χ0) is 16.1. The van der Waals surface area contributed by atoms with Crippen LogP contribution in [-0.2, 0) is 13.0 Å². The van der Waals surface area contributed by atoms with Crippen LogP contribution in [0, 0.1) is 11.3 Å². The van der Waals surface area contributed by atoms with Crippen LogP contribution in [0.2, 0.25) is 0 Å². The van der Waals surface area contributed by atoms with Crippen LogP contribution in [0.3, 0.4) is 0 Å². The number of hydrogen-bond donors (Lipinski definition) is 0. The average molecular weight is 304 g/mol. The van der Waals surface area contributed by atoms with Crippen molar-refractivity contribution in [3.63, 3.8) is 0 Å². The molecule has 0 amide bonds. The van der Waals surface area contributed by atoms with Gasteiger partial charge in [0.1, 0.15) is 23.8 Å². The molecule has 0 radical (unpaired) electrons. The maximum atomic E-state index is 9.00. The molecule has 0 aliphatic rings. The molecule has 114 valence electrons. The van der Waals surface area contributed by atoms with E-state index in [4.69, 9.17) is 5.26 Å². The smallest absolute Gasteiger partial charge is 0.159 e. The highest BCUT2D eigenvalue weighted by Gasteiger charge is 2.11. The molecule has 23 heavy (non-hydrogen) atoms. The molecule has 0 N–H and O–H groups in total. The first-order chi connectivity index (χ1) is 11.3. The Hall–Kier alpha value is -3.07. The standard InChI is InChI=1S/C17H16N6/c1-2-4-13-10-19-12-21-16(13)11-23-8-7-20-17(23)15-6-3-5-14(9-18)22-15/h3,5-8,10,12H,2,4,11H2,1H3. The third-order valence-corrected chi connectivity index (χ3v) is 3.53. The lowest BCUT2D eigenvalue weighted by Crippen LogP contribution is -2.07. The minimum Gasteiger partial charge on any atom is -0.324 e. The number of aryl methyl sites for hydroxylation is 1. The van der Waals surface area contributed by atoms with E-state index in [1.54, 1.807) is 18.6 Å². The fourth-order valence-electron chi connectivity index (χ4n) is 2.46. The maximum absolute atomic E-state index is 9.00. The first kappa shape index (κ1) is 14.9. The number of rotatable bonds is 5.